The van der Waals surface area contributed by atoms with Crippen molar-refractivity contribution in [2.45, 2.75) is 19.8 Å². The maximum absolute atomic E-state index is 11.6. The molecule has 0 aliphatic carbocycles. The van der Waals surface area contributed by atoms with Gasteiger partial charge in [-0.05, 0) is 6.42 Å². The van der Waals surface area contributed by atoms with Crippen molar-refractivity contribution in [1.29, 1.82) is 0 Å². The molecule has 1 aliphatic rings. The second-order valence-electron chi connectivity index (χ2n) is 2.95. The van der Waals surface area contributed by atoms with E-state index >= 15 is 0 Å². The molecule has 0 aromatic heterocycles. The van der Waals surface area contributed by atoms with Gasteiger partial charge in [0.15, 0.2) is 0 Å². The summed E-state index contributed by atoms with van der Waals surface area (Å²) in [6, 6.07) is 0. The molecule has 0 aromatic carbocycles. The molecule has 0 bridgehead atoms. The molecule has 0 unspecified atom stereocenters. The monoisotopic (exact) mass is 217 g/mol. The molecule has 0 fully saturated rings. The minimum Gasteiger partial charge on any atom is -0.266 e. The highest BCUT2D eigenvalue weighted by molar-refractivity contribution is 7.87. The summed E-state index contributed by atoms with van der Waals surface area (Å²) in [7, 11) is -3.35. The third-order valence-electron chi connectivity index (χ3n) is 1.81. The first-order valence-corrected chi connectivity index (χ1v) is 6.05. The molecule has 0 aromatic rings. The Labute approximate surface area is 84.7 Å². The van der Waals surface area contributed by atoms with Crippen molar-refractivity contribution in [2.75, 3.05) is 13.1 Å². The molecule has 0 saturated carbocycles. The van der Waals surface area contributed by atoms with Crippen molar-refractivity contribution < 1.29 is 8.42 Å². The van der Waals surface area contributed by atoms with Crippen LogP contribution in [-0.2, 0) is 10.2 Å². The fraction of sp³-hybridized carbons (Fsp3) is 0.625. The van der Waals surface area contributed by atoms with Gasteiger partial charge >= 0.3 is 10.2 Å². The highest BCUT2D eigenvalue weighted by Gasteiger charge is 2.17. The average molecular weight is 217 g/mol. The van der Waals surface area contributed by atoms with Gasteiger partial charge < -0.3 is 0 Å². The molecule has 0 radical (unpaired) electrons. The lowest BCUT2D eigenvalue weighted by Gasteiger charge is -2.19. The number of hydrogen-bond acceptors (Lipinski definition) is 3. The van der Waals surface area contributed by atoms with Crippen LogP contribution >= 0.6 is 0 Å². The average Bonchev–Trinajstić information content (AvgIpc) is 2.19. The first-order chi connectivity index (χ1) is 6.67. The Bertz CT molecular complexity index is 321. The number of nitrogens with one attached hydrogen (secondary N) is 1. The van der Waals surface area contributed by atoms with E-state index in [0.29, 0.717) is 13.1 Å². The molecular weight excluding hydrogens is 202 g/mol. The number of hydrogen-bond donors (Lipinski definition) is 1. The molecule has 0 saturated heterocycles. The topological polar surface area (TPSA) is 61.8 Å². The van der Waals surface area contributed by atoms with Gasteiger partial charge in [-0.2, -0.15) is 13.1 Å². The van der Waals surface area contributed by atoms with Crippen LogP contribution in [0.3, 0.4) is 0 Å². The Hall–Kier alpha value is -0.880. The molecule has 0 amide bonds. The van der Waals surface area contributed by atoms with E-state index in [1.54, 1.807) is 6.21 Å². The van der Waals surface area contributed by atoms with Gasteiger partial charge in [0.25, 0.3) is 0 Å². The number of unbranched alkanes of at least 4 members (excludes halogenated alkanes) is 1. The molecule has 0 spiro atoms. The van der Waals surface area contributed by atoms with E-state index in [9.17, 15) is 8.42 Å². The largest absolute Gasteiger partial charge is 0.301 e. The van der Waals surface area contributed by atoms with E-state index in [1.807, 2.05) is 6.92 Å². The molecule has 1 aliphatic heterocycles. The normalized spacial score (nSPS) is 16.2. The maximum atomic E-state index is 11.6. The quantitative estimate of drug-likeness (QED) is 0.681. The van der Waals surface area contributed by atoms with Crippen LogP contribution in [0.25, 0.3) is 0 Å². The zero-order valence-corrected chi connectivity index (χ0v) is 9.00. The summed E-state index contributed by atoms with van der Waals surface area (Å²) < 4.78 is 26.9. The van der Waals surface area contributed by atoms with Gasteiger partial charge in [-0.15, -0.1) is 0 Å². The number of nitrogens with zero attached hydrogens (tertiary/aromatic N) is 2. The summed E-state index contributed by atoms with van der Waals surface area (Å²) in [5.74, 6) is 0. The predicted molar refractivity (Wildman–Crippen MR) is 56.2 cm³/mol. The SMILES string of the molecule is CCCCNS(=O)(=O)N1C=CN=CC1. The van der Waals surface area contributed by atoms with E-state index in [0.717, 1.165) is 12.8 Å². The molecule has 14 heavy (non-hydrogen) atoms. The molecule has 1 heterocycles. The van der Waals surface area contributed by atoms with Crippen LogP contribution in [0.2, 0.25) is 0 Å². The Balaban J connectivity index is 2.48. The maximum Gasteiger partial charge on any atom is 0.301 e. The zero-order chi connectivity index (χ0) is 10.4. The van der Waals surface area contributed by atoms with Gasteiger partial charge in [0, 0.05) is 25.2 Å². The molecule has 0 atom stereocenters. The van der Waals surface area contributed by atoms with Crippen molar-refractivity contribution in [3.63, 3.8) is 0 Å². The molecule has 6 heteroatoms. The van der Waals surface area contributed by atoms with Crippen molar-refractivity contribution >= 4 is 16.4 Å². The number of aliphatic imine (C=N–C) groups is 1. The Morgan fingerprint density at radius 3 is 2.93 bits per heavy atom. The summed E-state index contributed by atoms with van der Waals surface area (Å²) in [5.41, 5.74) is 0. The third kappa shape index (κ3) is 3.12. The summed E-state index contributed by atoms with van der Waals surface area (Å²) in [5, 5.41) is 0. The third-order valence-corrected chi connectivity index (χ3v) is 3.27. The van der Waals surface area contributed by atoms with Gasteiger partial charge in [-0.3, -0.25) is 9.30 Å². The Kier molecular flexibility index (Phi) is 4.09. The summed E-state index contributed by atoms with van der Waals surface area (Å²) >= 11 is 0. The molecule has 1 N–H and O–H groups in total. The Morgan fingerprint density at radius 1 is 1.57 bits per heavy atom. The predicted octanol–water partition coefficient (Wildman–Crippen LogP) is 0.479. The van der Waals surface area contributed by atoms with Gasteiger partial charge in [0.2, 0.25) is 0 Å². The molecular formula is C8H15N3O2S. The van der Waals surface area contributed by atoms with E-state index < -0.39 is 10.2 Å². The molecule has 80 valence electrons. The van der Waals surface area contributed by atoms with Crippen LogP contribution in [-0.4, -0.2) is 32.0 Å². The Morgan fingerprint density at radius 2 is 2.36 bits per heavy atom. The second kappa shape index (κ2) is 5.11. The van der Waals surface area contributed by atoms with E-state index in [1.165, 1.54) is 16.7 Å². The highest BCUT2D eigenvalue weighted by Crippen LogP contribution is 2.01. The fourth-order valence-corrected chi connectivity index (χ4v) is 2.05. The fourth-order valence-electron chi connectivity index (χ4n) is 1.00. The first kappa shape index (κ1) is 11.2. The van der Waals surface area contributed by atoms with Crippen LogP contribution < -0.4 is 4.72 Å². The van der Waals surface area contributed by atoms with Crippen LogP contribution in [0.4, 0.5) is 0 Å². The summed E-state index contributed by atoms with van der Waals surface area (Å²) in [4.78, 5) is 3.80. The van der Waals surface area contributed by atoms with E-state index in [-0.39, 0.29) is 0 Å². The van der Waals surface area contributed by atoms with Gasteiger partial charge in [-0.25, -0.2) is 0 Å². The van der Waals surface area contributed by atoms with Crippen LogP contribution in [0.1, 0.15) is 19.8 Å². The van der Waals surface area contributed by atoms with Crippen molar-refractivity contribution in [1.82, 2.24) is 9.03 Å². The highest BCUT2D eigenvalue weighted by atomic mass is 32.2. The van der Waals surface area contributed by atoms with Crippen LogP contribution in [0.15, 0.2) is 17.4 Å². The van der Waals surface area contributed by atoms with Crippen molar-refractivity contribution in [3.8, 4) is 0 Å². The second-order valence-corrected chi connectivity index (χ2v) is 4.66. The zero-order valence-electron chi connectivity index (χ0n) is 8.18. The smallest absolute Gasteiger partial charge is 0.266 e. The van der Waals surface area contributed by atoms with E-state index in [2.05, 4.69) is 9.71 Å². The van der Waals surface area contributed by atoms with Gasteiger partial charge in [0.1, 0.15) is 0 Å². The number of rotatable bonds is 5. The minimum absolute atomic E-state index is 0.304. The first-order valence-electron chi connectivity index (χ1n) is 4.61. The van der Waals surface area contributed by atoms with Crippen molar-refractivity contribution in [3.05, 3.63) is 12.4 Å². The summed E-state index contributed by atoms with van der Waals surface area (Å²) in [6.45, 7) is 2.81. The molecule has 1 rings (SSSR count). The van der Waals surface area contributed by atoms with Crippen LogP contribution in [0.5, 0.6) is 0 Å². The summed E-state index contributed by atoms with van der Waals surface area (Å²) in [6.07, 6.45) is 6.29. The lowest BCUT2D eigenvalue weighted by molar-refractivity contribution is 0.509. The lowest BCUT2D eigenvalue weighted by Crippen LogP contribution is -2.39. The molecule has 5 nitrogen and oxygen atoms in total. The van der Waals surface area contributed by atoms with Gasteiger partial charge in [0.05, 0.1) is 6.54 Å². The van der Waals surface area contributed by atoms with Crippen LogP contribution in [0, 0.1) is 0 Å². The standard InChI is InChI=1S/C8H15N3O2S/c1-2-3-4-10-14(12,13)11-7-5-9-6-8-11/h5-7,10H,2-4,8H2,1H3. The van der Waals surface area contributed by atoms with E-state index in [4.69, 9.17) is 0 Å². The lowest BCUT2D eigenvalue weighted by atomic mass is 10.3. The van der Waals surface area contributed by atoms with Gasteiger partial charge in [-0.1, -0.05) is 13.3 Å². The minimum atomic E-state index is -3.35. The van der Waals surface area contributed by atoms with Crippen molar-refractivity contribution in [2.24, 2.45) is 4.99 Å².